The number of thioether (sulfide) groups is 1. The van der Waals surface area contributed by atoms with E-state index in [1.165, 1.54) is 12.8 Å². The molecule has 1 amide bonds. The van der Waals surface area contributed by atoms with Gasteiger partial charge in [-0.05, 0) is 44.5 Å². The maximum absolute atomic E-state index is 11.7. The fraction of sp³-hybridized carbons (Fsp3) is 0.909. The van der Waals surface area contributed by atoms with Crippen LogP contribution in [0.4, 0.5) is 0 Å². The third kappa shape index (κ3) is 3.11. The molecule has 2 unspecified atom stereocenters. The zero-order chi connectivity index (χ0) is 10.7. The fourth-order valence-electron chi connectivity index (χ4n) is 2.33. The number of carbonyl (C=O) groups is 1. The third-order valence-corrected chi connectivity index (χ3v) is 4.52. The minimum atomic E-state index is 0.258. The molecule has 0 aromatic carbocycles. The summed E-state index contributed by atoms with van der Waals surface area (Å²) in [5, 5.41) is 7.12. The molecule has 15 heavy (non-hydrogen) atoms. The normalized spacial score (nSPS) is 31.3. The first-order chi connectivity index (χ1) is 7.28. The number of hydrogen-bond acceptors (Lipinski definition) is 3. The van der Waals surface area contributed by atoms with Crippen molar-refractivity contribution in [1.29, 1.82) is 0 Å². The van der Waals surface area contributed by atoms with Crippen molar-refractivity contribution in [1.82, 2.24) is 10.6 Å². The van der Waals surface area contributed by atoms with Gasteiger partial charge in [-0.25, -0.2) is 0 Å². The molecule has 0 aromatic heterocycles. The van der Waals surface area contributed by atoms with Crippen LogP contribution in [0.5, 0.6) is 0 Å². The molecule has 1 aliphatic carbocycles. The molecule has 2 fully saturated rings. The van der Waals surface area contributed by atoms with Crippen molar-refractivity contribution in [2.24, 2.45) is 5.92 Å². The van der Waals surface area contributed by atoms with Gasteiger partial charge >= 0.3 is 0 Å². The van der Waals surface area contributed by atoms with E-state index in [4.69, 9.17) is 0 Å². The van der Waals surface area contributed by atoms with Gasteiger partial charge in [-0.2, -0.15) is 11.8 Å². The summed E-state index contributed by atoms with van der Waals surface area (Å²) in [6.45, 7) is 2.04. The lowest BCUT2D eigenvalue weighted by Crippen LogP contribution is -2.45. The van der Waals surface area contributed by atoms with E-state index in [9.17, 15) is 4.79 Å². The van der Waals surface area contributed by atoms with Gasteiger partial charge in [0.1, 0.15) is 0 Å². The summed E-state index contributed by atoms with van der Waals surface area (Å²) in [6.07, 6.45) is 6.47. The van der Waals surface area contributed by atoms with Gasteiger partial charge in [-0.1, -0.05) is 0 Å². The van der Waals surface area contributed by atoms with E-state index >= 15 is 0 Å². The highest BCUT2D eigenvalue weighted by Crippen LogP contribution is 2.28. The second kappa shape index (κ2) is 5.21. The molecule has 1 saturated carbocycles. The molecule has 1 heterocycles. The van der Waals surface area contributed by atoms with Crippen molar-refractivity contribution < 1.29 is 4.79 Å². The molecule has 1 aliphatic heterocycles. The molecular formula is C11H20N2OS. The van der Waals surface area contributed by atoms with Gasteiger partial charge in [0.05, 0.1) is 0 Å². The Morgan fingerprint density at radius 1 is 1.47 bits per heavy atom. The van der Waals surface area contributed by atoms with Gasteiger partial charge in [-0.3, -0.25) is 4.79 Å². The molecule has 0 spiro atoms. The Balaban J connectivity index is 1.65. The van der Waals surface area contributed by atoms with Gasteiger partial charge < -0.3 is 10.6 Å². The second-order valence-corrected chi connectivity index (χ2v) is 5.80. The predicted molar refractivity (Wildman–Crippen MR) is 64.1 cm³/mol. The quantitative estimate of drug-likeness (QED) is 0.754. The van der Waals surface area contributed by atoms with Crippen LogP contribution in [-0.4, -0.2) is 36.5 Å². The number of rotatable bonds is 4. The predicted octanol–water partition coefficient (Wildman–Crippen LogP) is 0.996. The van der Waals surface area contributed by atoms with Gasteiger partial charge in [0.2, 0.25) is 5.91 Å². The van der Waals surface area contributed by atoms with Crippen LogP contribution in [0.25, 0.3) is 0 Å². The van der Waals surface area contributed by atoms with Crippen LogP contribution in [0.3, 0.4) is 0 Å². The highest BCUT2D eigenvalue weighted by molar-refractivity contribution is 7.99. The zero-order valence-corrected chi connectivity index (χ0v) is 10.1. The first-order valence-corrected chi connectivity index (χ1v) is 7.09. The minimum absolute atomic E-state index is 0.258. The van der Waals surface area contributed by atoms with E-state index in [1.54, 1.807) is 0 Å². The molecular weight excluding hydrogens is 208 g/mol. The zero-order valence-electron chi connectivity index (χ0n) is 9.29. The molecule has 1 saturated heterocycles. The number of carbonyl (C=O) groups excluding carboxylic acids is 1. The maximum Gasteiger partial charge on any atom is 0.220 e. The topological polar surface area (TPSA) is 41.1 Å². The lowest BCUT2D eigenvalue weighted by molar-refractivity contribution is -0.123. The molecule has 3 nitrogen and oxygen atoms in total. The monoisotopic (exact) mass is 228 g/mol. The first-order valence-electron chi connectivity index (χ1n) is 5.81. The average molecular weight is 228 g/mol. The van der Waals surface area contributed by atoms with Crippen LogP contribution < -0.4 is 10.6 Å². The first kappa shape index (κ1) is 11.3. The summed E-state index contributed by atoms with van der Waals surface area (Å²) < 4.78 is 0. The standard InChI is InChI=1S/C11H20N2OS/c1-15-10-3-2-9(5-10)13-11(14)4-8-6-12-7-8/h8-10,12H,2-7H2,1H3,(H,13,14). The maximum atomic E-state index is 11.7. The summed E-state index contributed by atoms with van der Waals surface area (Å²) in [6, 6.07) is 0.447. The Morgan fingerprint density at radius 2 is 2.27 bits per heavy atom. The molecule has 0 aromatic rings. The Morgan fingerprint density at radius 3 is 2.80 bits per heavy atom. The number of nitrogens with one attached hydrogen (secondary N) is 2. The van der Waals surface area contributed by atoms with Crippen molar-refractivity contribution >= 4 is 17.7 Å². The molecule has 4 heteroatoms. The summed E-state index contributed by atoms with van der Waals surface area (Å²) in [7, 11) is 0. The highest BCUT2D eigenvalue weighted by Gasteiger charge is 2.26. The van der Waals surface area contributed by atoms with Gasteiger partial charge in [0.15, 0.2) is 0 Å². The molecule has 2 atom stereocenters. The Bertz CT molecular complexity index is 231. The van der Waals surface area contributed by atoms with E-state index in [0.29, 0.717) is 18.4 Å². The van der Waals surface area contributed by atoms with Crippen molar-refractivity contribution in [2.45, 2.75) is 37.0 Å². The molecule has 2 N–H and O–H groups in total. The van der Waals surface area contributed by atoms with Gasteiger partial charge in [0, 0.05) is 17.7 Å². The smallest absolute Gasteiger partial charge is 0.220 e. The van der Waals surface area contributed by atoms with Crippen molar-refractivity contribution in [3.05, 3.63) is 0 Å². The van der Waals surface area contributed by atoms with E-state index in [1.807, 2.05) is 11.8 Å². The van der Waals surface area contributed by atoms with Crippen LogP contribution in [0, 0.1) is 5.92 Å². The van der Waals surface area contributed by atoms with Crippen LogP contribution in [0.2, 0.25) is 0 Å². The van der Waals surface area contributed by atoms with Gasteiger partial charge in [-0.15, -0.1) is 0 Å². The summed E-state index contributed by atoms with van der Waals surface area (Å²) in [5.41, 5.74) is 0. The molecule has 0 radical (unpaired) electrons. The number of hydrogen-bond donors (Lipinski definition) is 2. The van der Waals surface area contributed by atoms with Crippen LogP contribution in [0.15, 0.2) is 0 Å². The Kier molecular flexibility index (Phi) is 3.92. The lowest BCUT2D eigenvalue weighted by atomic mass is 9.99. The highest BCUT2D eigenvalue weighted by atomic mass is 32.2. The van der Waals surface area contributed by atoms with Crippen molar-refractivity contribution in [3.63, 3.8) is 0 Å². The van der Waals surface area contributed by atoms with Crippen LogP contribution in [0.1, 0.15) is 25.7 Å². The second-order valence-electron chi connectivity index (χ2n) is 4.66. The molecule has 2 aliphatic rings. The van der Waals surface area contributed by atoms with E-state index in [0.717, 1.165) is 24.8 Å². The van der Waals surface area contributed by atoms with Crippen LogP contribution >= 0.6 is 11.8 Å². The van der Waals surface area contributed by atoms with E-state index in [2.05, 4.69) is 16.9 Å². The molecule has 86 valence electrons. The molecule has 2 rings (SSSR count). The Labute approximate surface area is 95.8 Å². The van der Waals surface area contributed by atoms with Gasteiger partial charge in [0.25, 0.3) is 0 Å². The third-order valence-electron chi connectivity index (χ3n) is 3.42. The number of amides is 1. The Hall–Kier alpha value is -0.220. The average Bonchev–Trinajstić information content (AvgIpc) is 2.59. The largest absolute Gasteiger partial charge is 0.353 e. The summed E-state index contributed by atoms with van der Waals surface area (Å²) in [5.74, 6) is 0.844. The van der Waals surface area contributed by atoms with E-state index < -0.39 is 0 Å². The fourth-order valence-corrected chi connectivity index (χ4v) is 3.12. The van der Waals surface area contributed by atoms with Crippen molar-refractivity contribution in [2.75, 3.05) is 19.3 Å². The minimum Gasteiger partial charge on any atom is -0.353 e. The molecule has 0 bridgehead atoms. The van der Waals surface area contributed by atoms with E-state index in [-0.39, 0.29) is 5.91 Å². The SMILES string of the molecule is CSC1CCC(NC(=O)CC2CNC2)C1. The van der Waals surface area contributed by atoms with Crippen LogP contribution in [-0.2, 0) is 4.79 Å². The lowest BCUT2D eigenvalue weighted by Gasteiger charge is -2.27. The summed E-state index contributed by atoms with van der Waals surface area (Å²) >= 11 is 1.93. The van der Waals surface area contributed by atoms with Crippen molar-refractivity contribution in [3.8, 4) is 0 Å². The summed E-state index contributed by atoms with van der Waals surface area (Å²) in [4.78, 5) is 11.7.